The van der Waals surface area contributed by atoms with Crippen LogP contribution in [0.25, 0.3) is 0 Å². The maximum Gasteiger partial charge on any atom is 0.346 e. The first-order valence-corrected chi connectivity index (χ1v) is 5.19. The number of ether oxygens (including phenoxy) is 1. The Balaban J connectivity index is 2.42. The van der Waals surface area contributed by atoms with E-state index in [1.54, 1.807) is 0 Å². The number of hydrogen-bond acceptors (Lipinski definition) is 7. The lowest BCUT2D eigenvalue weighted by Crippen LogP contribution is -2.38. The van der Waals surface area contributed by atoms with Crippen molar-refractivity contribution >= 4 is 0 Å². The Kier molecular flexibility index (Phi) is 3.22. The van der Waals surface area contributed by atoms with Crippen LogP contribution in [0.15, 0.2) is 15.8 Å². The van der Waals surface area contributed by atoms with E-state index in [0.717, 1.165) is 6.20 Å². The minimum atomic E-state index is -1.39. The summed E-state index contributed by atoms with van der Waals surface area (Å²) in [5, 5.41) is 28.2. The van der Waals surface area contributed by atoms with Crippen molar-refractivity contribution in [2.24, 2.45) is 0 Å². The molecule has 0 aromatic carbocycles. The summed E-state index contributed by atoms with van der Waals surface area (Å²) in [7, 11) is 0. The Morgan fingerprint density at radius 1 is 1.39 bits per heavy atom. The summed E-state index contributed by atoms with van der Waals surface area (Å²) in [5.74, 6) is 5.29. The highest BCUT2D eigenvalue weighted by Gasteiger charge is 2.44. The molecule has 6 N–H and O–H groups in total. The van der Waals surface area contributed by atoms with Crippen molar-refractivity contribution in [1.82, 2.24) is 9.66 Å². The van der Waals surface area contributed by atoms with Crippen molar-refractivity contribution in [3.63, 3.8) is 0 Å². The molecule has 4 atom stereocenters. The van der Waals surface area contributed by atoms with Crippen molar-refractivity contribution in [3.05, 3.63) is 32.6 Å². The Morgan fingerprint density at radius 2 is 2.06 bits per heavy atom. The van der Waals surface area contributed by atoms with E-state index in [9.17, 15) is 19.8 Å². The summed E-state index contributed by atoms with van der Waals surface area (Å²) in [4.78, 5) is 24.6. The highest BCUT2D eigenvalue weighted by atomic mass is 16.6. The molecule has 0 saturated carbocycles. The van der Waals surface area contributed by atoms with Crippen LogP contribution in [0.4, 0.5) is 0 Å². The van der Waals surface area contributed by atoms with E-state index >= 15 is 0 Å². The summed E-state index contributed by atoms with van der Waals surface area (Å²) >= 11 is 0. The Bertz CT molecular complexity index is 552. The molecule has 1 saturated heterocycles. The standard InChI is InChI=1S/C9H13N3O6/c10-12-1-3(8(16)11-9(12)17)7-6(15)5(14)4(2-13)18-7/h1,4-7,13-15H,2,10H2,(H,11,16,17)/t4-,5?,6+,7+/m1/s1. The third kappa shape index (κ3) is 1.93. The quantitative estimate of drug-likeness (QED) is 0.344. The second-order valence-electron chi connectivity index (χ2n) is 4.01. The van der Waals surface area contributed by atoms with Gasteiger partial charge in [0.1, 0.15) is 24.4 Å². The zero-order valence-electron chi connectivity index (χ0n) is 9.18. The van der Waals surface area contributed by atoms with Crippen molar-refractivity contribution in [3.8, 4) is 0 Å². The highest BCUT2D eigenvalue weighted by Crippen LogP contribution is 2.31. The third-order valence-electron chi connectivity index (χ3n) is 2.84. The molecule has 100 valence electrons. The number of nitrogens with one attached hydrogen (secondary N) is 1. The lowest BCUT2D eigenvalue weighted by atomic mass is 10.0. The van der Waals surface area contributed by atoms with Gasteiger partial charge in [-0.2, -0.15) is 0 Å². The van der Waals surface area contributed by atoms with Gasteiger partial charge in [0.15, 0.2) is 0 Å². The lowest BCUT2D eigenvalue weighted by Gasteiger charge is -2.14. The van der Waals surface area contributed by atoms with Crippen molar-refractivity contribution in [1.29, 1.82) is 0 Å². The average Bonchev–Trinajstić information content (AvgIpc) is 2.61. The van der Waals surface area contributed by atoms with Gasteiger partial charge >= 0.3 is 5.69 Å². The molecule has 0 bridgehead atoms. The second-order valence-corrected chi connectivity index (χ2v) is 4.01. The number of nitrogens with zero attached hydrogens (tertiary/aromatic N) is 1. The SMILES string of the molecule is Nn1cc([C@@H]2O[C@H](CO)C(O)[C@@H]2O)c(=O)[nH]c1=O. The van der Waals surface area contributed by atoms with E-state index < -0.39 is 42.3 Å². The molecule has 1 aliphatic heterocycles. The molecule has 0 amide bonds. The highest BCUT2D eigenvalue weighted by molar-refractivity contribution is 5.14. The normalized spacial score (nSPS) is 31.7. The summed E-state index contributed by atoms with van der Waals surface area (Å²) in [6.07, 6.45) is -3.85. The summed E-state index contributed by atoms with van der Waals surface area (Å²) in [5.41, 5.74) is -1.67. The fourth-order valence-electron chi connectivity index (χ4n) is 1.86. The summed E-state index contributed by atoms with van der Waals surface area (Å²) in [6.45, 7) is -0.505. The van der Waals surface area contributed by atoms with Gasteiger partial charge in [-0.3, -0.25) is 9.78 Å². The molecular weight excluding hydrogens is 246 g/mol. The molecule has 9 heteroatoms. The molecule has 2 heterocycles. The molecule has 1 unspecified atom stereocenters. The van der Waals surface area contributed by atoms with Crippen LogP contribution >= 0.6 is 0 Å². The van der Waals surface area contributed by atoms with Crippen molar-refractivity contribution < 1.29 is 20.1 Å². The molecule has 2 rings (SSSR count). The number of aliphatic hydroxyl groups excluding tert-OH is 3. The molecule has 1 aromatic heterocycles. The fraction of sp³-hybridized carbons (Fsp3) is 0.556. The smallest absolute Gasteiger partial charge is 0.346 e. The summed E-state index contributed by atoms with van der Waals surface area (Å²) in [6, 6.07) is 0. The van der Waals surface area contributed by atoms with Gasteiger partial charge in [0.05, 0.1) is 12.2 Å². The maximum absolute atomic E-state index is 11.6. The molecule has 18 heavy (non-hydrogen) atoms. The second kappa shape index (κ2) is 4.53. The van der Waals surface area contributed by atoms with Gasteiger partial charge in [-0.15, -0.1) is 0 Å². The first-order valence-electron chi connectivity index (χ1n) is 5.19. The molecule has 0 spiro atoms. The van der Waals surface area contributed by atoms with E-state index in [2.05, 4.69) is 0 Å². The fourth-order valence-corrected chi connectivity index (χ4v) is 1.86. The van der Waals surface area contributed by atoms with Crippen LogP contribution in [-0.4, -0.2) is 49.9 Å². The van der Waals surface area contributed by atoms with Crippen LogP contribution in [-0.2, 0) is 4.74 Å². The zero-order valence-corrected chi connectivity index (χ0v) is 9.18. The lowest BCUT2D eigenvalue weighted by molar-refractivity contribution is -0.0233. The molecule has 0 aliphatic carbocycles. The molecular formula is C9H13N3O6. The Hall–Kier alpha value is -1.68. The molecule has 1 aromatic rings. The molecule has 1 fully saturated rings. The maximum atomic E-state index is 11.6. The number of H-pyrrole nitrogens is 1. The number of aliphatic hydroxyl groups is 3. The van der Waals surface area contributed by atoms with Crippen molar-refractivity contribution in [2.45, 2.75) is 24.4 Å². The van der Waals surface area contributed by atoms with Crippen LogP contribution in [0.5, 0.6) is 0 Å². The molecule has 1 aliphatic rings. The zero-order chi connectivity index (χ0) is 13.4. The van der Waals surface area contributed by atoms with Gasteiger partial charge in [0.2, 0.25) is 0 Å². The van der Waals surface area contributed by atoms with Gasteiger partial charge < -0.3 is 25.9 Å². The minimum absolute atomic E-state index is 0.0976. The van der Waals surface area contributed by atoms with E-state index in [4.69, 9.17) is 15.7 Å². The van der Waals surface area contributed by atoms with Crippen molar-refractivity contribution in [2.75, 3.05) is 12.4 Å². The minimum Gasteiger partial charge on any atom is -0.394 e. The number of aromatic nitrogens is 2. The number of nitrogen functional groups attached to an aromatic ring is 1. The summed E-state index contributed by atoms with van der Waals surface area (Å²) < 4.78 is 5.79. The monoisotopic (exact) mass is 259 g/mol. The van der Waals surface area contributed by atoms with Gasteiger partial charge in [-0.25, -0.2) is 9.47 Å². The first-order chi connectivity index (χ1) is 8.45. The van der Waals surface area contributed by atoms with Crippen LogP contribution in [0.2, 0.25) is 0 Å². The number of aromatic amines is 1. The van der Waals surface area contributed by atoms with Gasteiger partial charge in [0.25, 0.3) is 5.56 Å². The van der Waals surface area contributed by atoms with E-state index in [-0.39, 0.29) is 5.56 Å². The van der Waals surface area contributed by atoms with Crippen LogP contribution < -0.4 is 17.1 Å². The van der Waals surface area contributed by atoms with Gasteiger partial charge in [0, 0.05) is 6.20 Å². The number of rotatable bonds is 2. The van der Waals surface area contributed by atoms with Gasteiger partial charge in [-0.05, 0) is 0 Å². The van der Waals surface area contributed by atoms with E-state index in [0.29, 0.717) is 4.68 Å². The van der Waals surface area contributed by atoms with Crippen LogP contribution in [0.3, 0.4) is 0 Å². The predicted molar refractivity (Wildman–Crippen MR) is 58.2 cm³/mol. The average molecular weight is 259 g/mol. The van der Waals surface area contributed by atoms with Gasteiger partial charge in [-0.1, -0.05) is 0 Å². The topological polar surface area (TPSA) is 151 Å². The van der Waals surface area contributed by atoms with Crippen LogP contribution in [0, 0.1) is 0 Å². The Labute approximate surface area is 100 Å². The first kappa shape index (κ1) is 12.8. The van der Waals surface area contributed by atoms with Crippen LogP contribution in [0.1, 0.15) is 11.7 Å². The molecule has 9 nitrogen and oxygen atoms in total. The third-order valence-corrected chi connectivity index (χ3v) is 2.84. The number of nitrogens with two attached hydrogens (primary N) is 1. The molecule has 0 radical (unpaired) electrons. The number of hydrogen-bond donors (Lipinski definition) is 5. The Morgan fingerprint density at radius 3 is 2.61 bits per heavy atom. The van der Waals surface area contributed by atoms with E-state index in [1.807, 2.05) is 4.98 Å². The largest absolute Gasteiger partial charge is 0.394 e. The predicted octanol–water partition coefficient (Wildman–Crippen LogP) is -3.60. The van der Waals surface area contributed by atoms with E-state index in [1.165, 1.54) is 0 Å².